The molecule has 2 atom stereocenters. The van der Waals surface area contributed by atoms with Crippen LogP contribution in [0.2, 0.25) is 0 Å². The van der Waals surface area contributed by atoms with Crippen LogP contribution < -0.4 is 10.6 Å². The first kappa shape index (κ1) is 30.5. The Balaban J connectivity index is 1.66. The zero-order valence-corrected chi connectivity index (χ0v) is 26.5. The van der Waals surface area contributed by atoms with Gasteiger partial charge in [0.2, 0.25) is 11.8 Å². The topological polar surface area (TPSA) is 103 Å². The van der Waals surface area contributed by atoms with E-state index in [-0.39, 0.29) is 24.3 Å². The molecule has 0 aliphatic carbocycles. The zero-order chi connectivity index (χ0) is 30.8. The number of amides is 2. The van der Waals surface area contributed by atoms with Crippen molar-refractivity contribution in [1.82, 2.24) is 10.3 Å². The van der Waals surface area contributed by atoms with E-state index in [0.717, 1.165) is 21.2 Å². The van der Waals surface area contributed by atoms with E-state index >= 15 is 0 Å². The van der Waals surface area contributed by atoms with Gasteiger partial charge in [0.1, 0.15) is 17.3 Å². The number of oxazole rings is 1. The molecular formula is C34H36BrN3O5. The van der Waals surface area contributed by atoms with Gasteiger partial charge in [-0.05, 0) is 59.8 Å². The number of nitrogens with one attached hydrogen (secondary N) is 2. The van der Waals surface area contributed by atoms with Gasteiger partial charge in [0.15, 0.2) is 11.2 Å². The second-order valence-corrected chi connectivity index (χ2v) is 12.8. The lowest BCUT2D eigenvalue weighted by Gasteiger charge is -2.27. The molecule has 43 heavy (non-hydrogen) atoms. The number of alkyl carbamates (subject to hydrolysis) is 1. The molecule has 0 bridgehead atoms. The lowest BCUT2D eigenvalue weighted by atomic mass is 9.72. The summed E-state index contributed by atoms with van der Waals surface area (Å²) >= 11 is 3.61. The Morgan fingerprint density at radius 1 is 1.00 bits per heavy atom. The fraction of sp³-hybridized carbons (Fsp3) is 0.324. The van der Waals surface area contributed by atoms with Crippen LogP contribution in [0.4, 0.5) is 10.5 Å². The lowest BCUT2D eigenvalue weighted by molar-refractivity contribution is -0.118. The van der Waals surface area contributed by atoms with Gasteiger partial charge in [0, 0.05) is 10.0 Å². The normalized spacial score (nSPS) is 17.0. The Morgan fingerprint density at radius 3 is 2.33 bits per heavy atom. The highest BCUT2D eigenvalue weighted by Gasteiger charge is 2.54. The molecule has 0 spiro atoms. The van der Waals surface area contributed by atoms with Crippen molar-refractivity contribution < 1.29 is 23.5 Å². The number of nitrogens with zero attached hydrogens (tertiary/aromatic N) is 1. The average Bonchev–Trinajstić information content (AvgIpc) is 3.51. The molecule has 2 N–H and O–H groups in total. The summed E-state index contributed by atoms with van der Waals surface area (Å²) < 4.78 is 19.1. The third kappa shape index (κ3) is 6.24. The van der Waals surface area contributed by atoms with Crippen LogP contribution in [-0.4, -0.2) is 22.6 Å². The number of ether oxygens (including phenoxy) is 2. The van der Waals surface area contributed by atoms with Crippen molar-refractivity contribution in [3.63, 3.8) is 0 Å². The largest absolute Gasteiger partial charge is 0.444 e. The van der Waals surface area contributed by atoms with Gasteiger partial charge in [0.25, 0.3) is 0 Å². The summed E-state index contributed by atoms with van der Waals surface area (Å²) in [6.45, 7) is 9.76. The molecule has 2 amide bonds. The minimum atomic E-state index is -1.36. The minimum Gasteiger partial charge on any atom is -0.444 e. The smallest absolute Gasteiger partial charge is 0.408 e. The molecule has 0 saturated heterocycles. The molecule has 0 fully saturated rings. The molecule has 224 valence electrons. The Labute approximate surface area is 260 Å². The first-order chi connectivity index (χ1) is 20.5. The second-order valence-electron chi connectivity index (χ2n) is 11.9. The Bertz CT molecular complexity index is 1600. The van der Waals surface area contributed by atoms with Gasteiger partial charge in [-0.15, -0.1) is 0 Å². The van der Waals surface area contributed by atoms with Crippen LogP contribution in [0.5, 0.6) is 0 Å². The lowest BCUT2D eigenvalue weighted by Crippen LogP contribution is -2.38. The third-order valence-electron chi connectivity index (χ3n) is 7.21. The monoisotopic (exact) mass is 645 g/mol. The number of halogens is 1. The highest BCUT2D eigenvalue weighted by molar-refractivity contribution is 9.10. The van der Waals surface area contributed by atoms with Crippen LogP contribution in [0.1, 0.15) is 74.7 Å². The molecule has 9 heteroatoms. The van der Waals surface area contributed by atoms with Crippen molar-refractivity contribution in [2.45, 2.75) is 64.9 Å². The maximum atomic E-state index is 14.3. The maximum absolute atomic E-state index is 14.3. The number of rotatable bonds is 9. The van der Waals surface area contributed by atoms with Crippen LogP contribution in [0, 0.1) is 5.92 Å². The molecule has 1 aromatic heterocycles. The Morgan fingerprint density at radius 2 is 1.67 bits per heavy atom. The highest BCUT2D eigenvalue weighted by Crippen LogP contribution is 2.51. The summed E-state index contributed by atoms with van der Waals surface area (Å²) in [5, 5.41) is 6.01. The van der Waals surface area contributed by atoms with Crippen LogP contribution in [0.25, 0.3) is 0 Å². The minimum absolute atomic E-state index is 0.0795. The van der Waals surface area contributed by atoms with Crippen LogP contribution in [0.15, 0.2) is 87.8 Å². The van der Waals surface area contributed by atoms with Crippen LogP contribution >= 0.6 is 15.9 Å². The van der Waals surface area contributed by atoms with Gasteiger partial charge in [-0.2, -0.15) is 0 Å². The summed E-state index contributed by atoms with van der Waals surface area (Å²) in [7, 11) is 0. The molecular weight excluding hydrogens is 610 g/mol. The molecule has 1 unspecified atom stereocenters. The molecule has 2 heterocycles. The Hall–Kier alpha value is -3.95. The first-order valence-corrected chi connectivity index (χ1v) is 15.1. The van der Waals surface area contributed by atoms with Crippen molar-refractivity contribution >= 4 is 33.6 Å². The molecule has 8 nitrogen and oxygen atoms in total. The van der Waals surface area contributed by atoms with Crippen molar-refractivity contribution in [2.24, 2.45) is 5.92 Å². The number of fused-ring (bicyclic) bond motifs is 1. The molecule has 5 rings (SSSR count). The number of anilines is 1. The molecule has 0 radical (unpaired) electrons. The summed E-state index contributed by atoms with van der Waals surface area (Å²) in [5.74, 6) is 0.228. The van der Waals surface area contributed by atoms with E-state index in [9.17, 15) is 9.59 Å². The first-order valence-electron chi connectivity index (χ1n) is 14.3. The van der Waals surface area contributed by atoms with E-state index in [2.05, 4.69) is 26.6 Å². The summed E-state index contributed by atoms with van der Waals surface area (Å²) in [4.78, 5) is 32.0. The van der Waals surface area contributed by atoms with E-state index in [1.807, 2.05) is 92.7 Å². The predicted molar refractivity (Wildman–Crippen MR) is 167 cm³/mol. The van der Waals surface area contributed by atoms with E-state index in [1.54, 1.807) is 20.8 Å². The van der Waals surface area contributed by atoms with E-state index in [1.165, 1.54) is 0 Å². The number of hydrogen-bond donors (Lipinski definition) is 2. The predicted octanol–water partition coefficient (Wildman–Crippen LogP) is 7.66. The van der Waals surface area contributed by atoms with Gasteiger partial charge in [0.05, 0.1) is 18.9 Å². The van der Waals surface area contributed by atoms with Gasteiger partial charge in [-0.3, -0.25) is 4.79 Å². The van der Waals surface area contributed by atoms with Gasteiger partial charge in [-0.1, -0.05) is 86.6 Å². The SMILES string of the molecule is CC(C)[C@H](NC(=O)OC(C)(C)C)c1nc(COCc2ccccc2)c(C2(c3ccccc3)C(=O)Nc3c(Br)cccc32)o1. The number of benzene rings is 3. The zero-order valence-electron chi connectivity index (χ0n) is 24.9. The average molecular weight is 647 g/mol. The highest BCUT2D eigenvalue weighted by atomic mass is 79.9. The number of hydrogen-bond acceptors (Lipinski definition) is 6. The summed E-state index contributed by atoms with van der Waals surface area (Å²) in [6, 6.07) is 24.4. The number of aromatic nitrogens is 1. The van der Waals surface area contributed by atoms with Crippen LogP contribution in [0.3, 0.4) is 0 Å². The number of carbonyl (C=O) groups excluding carboxylic acids is 2. The molecule has 1 aliphatic rings. The van der Waals surface area contributed by atoms with Gasteiger partial charge < -0.3 is 24.5 Å². The number of para-hydroxylation sites is 1. The van der Waals surface area contributed by atoms with Crippen molar-refractivity contribution in [1.29, 1.82) is 0 Å². The maximum Gasteiger partial charge on any atom is 0.408 e. The van der Waals surface area contributed by atoms with Gasteiger partial charge in [-0.25, -0.2) is 9.78 Å². The third-order valence-corrected chi connectivity index (χ3v) is 7.87. The van der Waals surface area contributed by atoms with Crippen molar-refractivity contribution in [2.75, 3.05) is 5.32 Å². The second kappa shape index (κ2) is 12.3. The van der Waals surface area contributed by atoms with Crippen molar-refractivity contribution in [3.8, 4) is 0 Å². The fourth-order valence-electron chi connectivity index (χ4n) is 5.31. The summed E-state index contributed by atoms with van der Waals surface area (Å²) in [6.07, 6.45) is -0.585. The quantitative estimate of drug-likeness (QED) is 0.194. The summed E-state index contributed by atoms with van der Waals surface area (Å²) in [5.41, 5.74) is 1.55. The number of carbonyl (C=O) groups is 2. The molecule has 4 aromatic rings. The molecule has 1 aliphatic heterocycles. The molecule has 3 aromatic carbocycles. The Kier molecular flexibility index (Phi) is 8.76. The van der Waals surface area contributed by atoms with E-state index in [4.69, 9.17) is 18.9 Å². The fourth-order valence-corrected chi connectivity index (χ4v) is 5.77. The van der Waals surface area contributed by atoms with E-state index in [0.29, 0.717) is 23.7 Å². The van der Waals surface area contributed by atoms with E-state index < -0.39 is 23.2 Å². The van der Waals surface area contributed by atoms with Gasteiger partial charge >= 0.3 is 6.09 Å². The van der Waals surface area contributed by atoms with Crippen molar-refractivity contribution in [3.05, 3.63) is 117 Å². The standard InChI is InChI=1S/C34H36BrN3O5/c1-21(2)27(38-32(40)43-33(3,4)5)30-36-26(20-41-19-22-13-8-6-9-14-22)29(42-30)34(23-15-10-7-11-16-23)24-17-12-18-25(35)28(24)37-31(34)39/h6-18,21,27H,19-20H2,1-5H3,(H,37,39)(H,38,40)/t27-,34?/m0/s1. The molecule has 0 saturated carbocycles. The van der Waals surface area contributed by atoms with Crippen LogP contribution in [-0.2, 0) is 32.9 Å².